The van der Waals surface area contributed by atoms with E-state index >= 15 is 0 Å². The first-order valence-corrected chi connectivity index (χ1v) is 11.6. The number of sulfone groups is 1. The van der Waals surface area contributed by atoms with Gasteiger partial charge in [-0.1, -0.05) is 31.4 Å². The van der Waals surface area contributed by atoms with Gasteiger partial charge in [-0.15, -0.1) is 0 Å². The normalized spacial score (nSPS) is 20.5. The van der Waals surface area contributed by atoms with Crippen LogP contribution in [-0.2, 0) is 16.3 Å². The summed E-state index contributed by atoms with van der Waals surface area (Å²) in [5.74, 6) is 1.00. The molecule has 2 fully saturated rings. The van der Waals surface area contributed by atoms with E-state index in [2.05, 4.69) is 15.2 Å². The third kappa shape index (κ3) is 4.58. The van der Waals surface area contributed by atoms with Gasteiger partial charge in [-0.05, 0) is 48.8 Å². The van der Waals surface area contributed by atoms with Crippen molar-refractivity contribution in [1.29, 1.82) is 0 Å². The van der Waals surface area contributed by atoms with E-state index in [1.807, 2.05) is 19.2 Å². The Labute approximate surface area is 157 Å². The molecule has 0 aromatic heterocycles. The van der Waals surface area contributed by atoms with Crippen LogP contribution in [0.2, 0.25) is 0 Å². The van der Waals surface area contributed by atoms with Crippen molar-refractivity contribution < 1.29 is 8.42 Å². The quantitative estimate of drug-likeness (QED) is 0.647. The highest BCUT2D eigenvalue weighted by Gasteiger charge is 2.39. The zero-order valence-corrected chi connectivity index (χ0v) is 16.8. The van der Waals surface area contributed by atoms with Crippen molar-refractivity contribution in [2.75, 3.05) is 32.9 Å². The fourth-order valence-electron chi connectivity index (χ4n) is 4.38. The largest absolute Gasteiger partial charge is 0.356 e. The molecular formula is C20H31N3O2S. The van der Waals surface area contributed by atoms with Crippen LogP contribution in [0.15, 0.2) is 34.2 Å². The maximum absolute atomic E-state index is 11.5. The third-order valence-corrected chi connectivity index (χ3v) is 7.04. The molecule has 1 spiro atoms. The van der Waals surface area contributed by atoms with Crippen LogP contribution in [-0.4, -0.2) is 52.2 Å². The minimum absolute atomic E-state index is 0.375. The van der Waals surface area contributed by atoms with E-state index in [9.17, 15) is 8.42 Å². The lowest BCUT2D eigenvalue weighted by Crippen LogP contribution is -2.42. The molecule has 1 heterocycles. The van der Waals surface area contributed by atoms with E-state index in [1.54, 1.807) is 12.1 Å². The number of rotatable bonds is 4. The first kappa shape index (κ1) is 19.2. The van der Waals surface area contributed by atoms with E-state index in [0.717, 1.165) is 37.6 Å². The van der Waals surface area contributed by atoms with Crippen molar-refractivity contribution in [3.05, 3.63) is 29.8 Å². The average molecular weight is 378 g/mol. The van der Waals surface area contributed by atoms with Crippen molar-refractivity contribution in [1.82, 2.24) is 10.2 Å². The van der Waals surface area contributed by atoms with Crippen LogP contribution in [0.25, 0.3) is 0 Å². The summed E-state index contributed by atoms with van der Waals surface area (Å²) in [7, 11) is -1.27. The second-order valence-corrected chi connectivity index (χ2v) is 9.89. The van der Waals surface area contributed by atoms with Gasteiger partial charge < -0.3 is 10.2 Å². The Bertz CT molecular complexity index is 735. The Morgan fingerprint density at radius 1 is 1.15 bits per heavy atom. The molecule has 6 heteroatoms. The van der Waals surface area contributed by atoms with Crippen LogP contribution in [0.1, 0.15) is 44.1 Å². The Morgan fingerprint density at radius 2 is 1.85 bits per heavy atom. The molecule has 0 amide bonds. The Kier molecular flexibility index (Phi) is 5.90. The summed E-state index contributed by atoms with van der Waals surface area (Å²) in [6.45, 7) is 3.03. The van der Waals surface area contributed by atoms with Gasteiger partial charge in [-0.25, -0.2) is 8.42 Å². The van der Waals surface area contributed by atoms with Crippen molar-refractivity contribution in [2.45, 2.75) is 49.8 Å². The number of guanidine groups is 1. The molecule has 1 aliphatic heterocycles. The number of nitrogens with one attached hydrogen (secondary N) is 1. The average Bonchev–Trinajstić information content (AvgIpc) is 3.02. The predicted octanol–water partition coefficient (Wildman–Crippen LogP) is 2.86. The predicted molar refractivity (Wildman–Crippen MR) is 106 cm³/mol. The first-order valence-electron chi connectivity index (χ1n) is 9.67. The van der Waals surface area contributed by atoms with Gasteiger partial charge in [0.2, 0.25) is 0 Å². The summed E-state index contributed by atoms with van der Waals surface area (Å²) >= 11 is 0. The Hall–Kier alpha value is -1.56. The van der Waals surface area contributed by atoms with Gasteiger partial charge in [-0.3, -0.25) is 4.99 Å². The topological polar surface area (TPSA) is 61.8 Å². The zero-order valence-electron chi connectivity index (χ0n) is 16.0. The van der Waals surface area contributed by atoms with Gasteiger partial charge in [0.1, 0.15) is 0 Å². The van der Waals surface area contributed by atoms with E-state index in [1.165, 1.54) is 44.8 Å². The van der Waals surface area contributed by atoms with Gasteiger partial charge in [0.15, 0.2) is 15.8 Å². The van der Waals surface area contributed by atoms with Crippen molar-refractivity contribution >= 4 is 15.8 Å². The molecule has 1 aromatic carbocycles. The minimum Gasteiger partial charge on any atom is -0.356 e. The fraction of sp³-hybridized carbons (Fsp3) is 0.650. The molecule has 0 atom stereocenters. The molecule has 0 radical (unpaired) electrons. The molecule has 0 unspecified atom stereocenters. The number of hydrogen-bond acceptors (Lipinski definition) is 3. The van der Waals surface area contributed by atoms with Crippen molar-refractivity contribution in [2.24, 2.45) is 10.4 Å². The highest BCUT2D eigenvalue weighted by atomic mass is 32.2. The summed E-state index contributed by atoms with van der Waals surface area (Å²) < 4.78 is 23.1. The maximum atomic E-state index is 11.5. The van der Waals surface area contributed by atoms with Crippen LogP contribution >= 0.6 is 0 Å². The SMILES string of the molecule is CN=C(NCCc1ccc(S(C)(=O)=O)cc1)N1CCC2(CCCCC2)C1. The van der Waals surface area contributed by atoms with Gasteiger partial charge in [0.05, 0.1) is 4.90 Å². The minimum atomic E-state index is -3.12. The molecule has 0 bridgehead atoms. The summed E-state index contributed by atoms with van der Waals surface area (Å²) in [5.41, 5.74) is 1.66. The van der Waals surface area contributed by atoms with Gasteiger partial charge in [0.25, 0.3) is 0 Å². The second kappa shape index (κ2) is 7.99. The molecule has 144 valence electrons. The second-order valence-electron chi connectivity index (χ2n) is 7.87. The number of nitrogens with zero attached hydrogens (tertiary/aromatic N) is 2. The molecule has 3 rings (SSSR count). The van der Waals surface area contributed by atoms with Crippen molar-refractivity contribution in [3.63, 3.8) is 0 Å². The number of hydrogen-bond donors (Lipinski definition) is 1. The number of aliphatic imine (C=N–C) groups is 1. The molecule has 26 heavy (non-hydrogen) atoms. The molecule has 2 aliphatic rings. The lowest BCUT2D eigenvalue weighted by molar-refractivity contribution is 0.203. The molecule has 1 N–H and O–H groups in total. The lowest BCUT2D eigenvalue weighted by atomic mass is 9.73. The van der Waals surface area contributed by atoms with Crippen LogP contribution in [0.4, 0.5) is 0 Å². The van der Waals surface area contributed by atoms with E-state index in [0.29, 0.717) is 10.3 Å². The third-order valence-electron chi connectivity index (χ3n) is 5.91. The standard InChI is InChI=1S/C20H31N3O2S/c1-21-19(23-15-13-20(16-23)11-4-3-5-12-20)22-14-10-17-6-8-18(9-7-17)26(2,24)25/h6-9H,3-5,10-16H2,1-2H3,(H,21,22). The zero-order chi connectivity index (χ0) is 18.6. The van der Waals surface area contributed by atoms with Crippen molar-refractivity contribution in [3.8, 4) is 0 Å². The highest BCUT2D eigenvalue weighted by Crippen LogP contribution is 2.43. The summed E-state index contributed by atoms with van der Waals surface area (Å²) in [6, 6.07) is 7.17. The highest BCUT2D eigenvalue weighted by molar-refractivity contribution is 7.90. The molecule has 1 aromatic rings. The maximum Gasteiger partial charge on any atom is 0.193 e. The number of likely N-dealkylation sites (tertiary alicyclic amines) is 1. The Balaban J connectivity index is 1.50. The summed E-state index contributed by atoms with van der Waals surface area (Å²) in [5, 5.41) is 3.48. The summed E-state index contributed by atoms with van der Waals surface area (Å²) in [4.78, 5) is 7.27. The molecule has 1 aliphatic carbocycles. The van der Waals surface area contributed by atoms with E-state index in [-0.39, 0.29) is 0 Å². The monoisotopic (exact) mass is 377 g/mol. The molecule has 5 nitrogen and oxygen atoms in total. The number of benzene rings is 1. The molecule has 1 saturated heterocycles. The van der Waals surface area contributed by atoms with Crippen LogP contribution in [0.5, 0.6) is 0 Å². The van der Waals surface area contributed by atoms with Crippen LogP contribution in [0, 0.1) is 5.41 Å². The van der Waals surface area contributed by atoms with Gasteiger partial charge >= 0.3 is 0 Å². The molecule has 1 saturated carbocycles. The Morgan fingerprint density at radius 3 is 2.46 bits per heavy atom. The van der Waals surface area contributed by atoms with Crippen LogP contribution in [0.3, 0.4) is 0 Å². The van der Waals surface area contributed by atoms with Crippen LogP contribution < -0.4 is 5.32 Å². The van der Waals surface area contributed by atoms with Gasteiger partial charge in [-0.2, -0.15) is 0 Å². The molecular weight excluding hydrogens is 346 g/mol. The summed E-state index contributed by atoms with van der Waals surface area (Å²) in [6.07, 6.45) is 10.3. The van der Waals surface area contributed by atoms with E-state index < -0.39 is 9.84 Å². The smallest absolute Gasteiger partial charge is 0.193 e. The van der Waals surface area contributed by atoms with Gasteiger partial charge in [0, 0.05) is 32.9 Å². The fourth-order valence-corrected chi connectivity index (χ4v) is 5.01. The first-order chi connectivity index (χ1) is 12.4. The van der Waals surface area contributed by atoms with E-state index in [4.69, 9.17) is 0 Å². The lowest BCUT2D eigenvalue weighted by Gasteiger charge is -2.33.